The Morgan fingerprint density at radius 3 is 3.05 bits per heavy atom. The quantitative estimate of drug-likeness (QED) is 0.833. The number of aromatic hydroxyl groups is 1. The number of carbonyl (C=O) groups is 1. The summed E-state index contributed by atoms with van der Waals surface area (Å²) in [6, 6.07) is 4.77. The second-order valence-corrected chi connectivity index (χ2v) is 5.43. The Balaban J connectivity index is 1.94. The number of hydrogen-bond acceptors (Lipinski definition) is 3. The van der Waals surface area contributed by atoms with E-state index in [9.17, 15) is 9.90 Å². The van der Waals surface area contributed by atoms with Crippen LogP contribution in [0.2, 0.25) is 0 Å². The molecular weight excluding hydrogens is 320 g/mol. The Kier molecular flexibility index (Phi) is 3.32. The van der Waals surface area contributed by atoms with Crippen LogP contribution >= 0.6 is 15.9 Å². The topological polar surface area (TPSA) is 46.5 Å². The molecule has 0 amide bonds. The molecule has 0 saturated carbocycles. The molecule has 1 aliphatic heterocycles. The third-order valence-corrected chi connectivity index (χ3v) is 3.64. The third-order valence-electron chi connectivity index (χ3n) is 3.15. The molecule has 20 heavy (non-hydrogen) atoms. The molecule has 3 nitrogen and oxygen atoms in total. The summed E-state index contributed by atoms with van der Waals surface area (Å²) in [5, 5.41) is 9.82. The second-order valence-electron chi connectivity index (χ2n) is 4.51. The number of rotatable bonds is 2. The molecule has 100 valence electrons. The molecule has 0 atom stereocenters. The zero-order valence-corrected chi connectivity index (χ0v) is 12.1. The lowest BCUT2D eigenvalue weighted by molar-refractivity contribution is 0.103. The van der Waals surface area contributed by atoms with Crippen LogP contribution in [0.3, 0.4) is 0 Å². The van der Waals surface area contributed by atoms with Crippen molar-refractivity contribution < 1.29 is 14.6 Å². The number of ether oxygens (including phenoxy) is 1. The zero-order valence-electron chi connectivity index (χ0n) is 10.5. The van der Waals surface area contributed by atoms with Crippen LogP contribution in [0.15, 0.2) is 70.1 Å². The lowest BCUT2D eigenvalue weighted by Crippen LogP contribution is -2.09. The summed E-state index contributed by atoms with van der Waals surface area (Å²) in [5.41, 5.74) is 1.65. The zero-order chi connectivity index (χ0) is 14.1. The van der Waals surface area contributed by atoms with E-state index in [0.29, 0.717) is 5.57 Å². The molecule has 3 rings (SSSR count). The van der Waals surface area contributed by atoms with Crippen molar-refractivity contribution in [2.45, 2.75) is 6.42 Å². The van der Waals surface area contributed by atoms with Gasteiger partial charge in [-0.3, -0.25) is 4.79 Å². The van der Waals surface area contributed by atoms with E-state index in [4.69, 9.17) is 4.74 Å². The molecule has 1 aromatic carbocycles. The largest absolute Gasteiger partial charge is 0.507 e. The first kappa shape index (κ1) is 12.9. The molecule has 0 unspecified atom stereocenters. The van der Waals surface area contributed by atoms with Crippen molar-refractivity contribution in [3.63, 3.8) is 0 Å². The van der Waals surface area contributed by atoms with Crippen LogP contribution in [0.5, 0.6) is 5.75 Å². The number of fused-ring (bicyclic) bond motifs is 1. The normalized spacial score (nSPS) is 16.6. The molecule has 0 saturated heterocycles. The summed E-state index contributed by atoms with van der Waals surface area (Å²) in [5.74, 6) is 0.467. The summed E-state index contributed by atoms with van der Waals surface area (Å²) < 4.78 is 6.21. The van der Waals surface area contributed by atoms with Crippen molar-refractivity contribution in [3.05, 3.63) is 75.7 Å². The van der Waals surface area contributed by atoms with Gasteiger partial charge in [-0.15, -0.1) is 0 Å². The molecule has 1 heterocycles. The molecule has 2 aliphatic rings. The van der Waals surface area contributed by atoms with Gasteiger partial charge in [0, 0.05) is 4.47 Å². The van der Waals surface area contributed by atoms with Crippen LogP contribution in [0.25, 0.3) is 0 Å². The van der Waals surface area contributed by atoms with Crippen LogP contribution in [-0.4, -0.2) is 10.9 Å². The van der Waals surface area contributed by atoms with E-state index < -0.39 is 0 Å². The number of Topliss-reactive ketones (excluding diaryl/α,β-unsaturated/α-hetero) is 1. The number of phenols is 1. The van der Waals surface area contributed by atoms with Gasteiger partial charge in [-0.2, -0.15) is 0 Å². The van der Waals surface area contributed by atoms with E-state index in [1.165, 1.54) is 12.3 Å². The highest BCUT2D eigenvalue weighted by Gasteiger charge is 2.21. The maximum Gasteiger partial charge on any atom is 0.199 e. The van der Waals surface area contributed by atoms with Gasteiger partial charge in [-0.1, -0.05) is 28.1 Å². The lowest BCUT2D eigenvalue weighted by Gasteiger charge is -2.18. The SMILES string of the molecule is O=C(C1=COC2=CC=CCC2=C1)c1cc(Br)ccc1O. The minimum atomic E-state index is -0.259. The van der Waals surface area contributed by atoms with E-state index in [-0.39, 0.29) is 17.1 Å². The average Bonchev–Trinajstić information content (AvgIpc) is 2.48. The Morgan fingerprint density at radius 2 is 2.20 bits per heavy atom. The predicted molar refractivity (Wildman–Crippen MR) is 79.2 cm³/mol. The van der Waals surface area contributed by atoms with Gasteiger partial charge in [-0.05, 0) is 42.3 Å². The fraction of sp³-hybridized carbons (Fsp3) is 0.0625. The van der Waals surface area contributed by atoms with Gasteiger partial charge < -0.3 is 9.84 Å². The van der Waals surface area contributed by atoms with Gasteiger partial charge in [0.05, 0.1) is 11.1 Å². The number of ketones is 1. The molecule has 0 bridgehead atoms. The predicted octanol–water partition coefficient (Wildman–Crippen LogP) is 4.02. The maximum atomic E-state index is 12.4. The maximum absolute atomic E-state index is 12.4. The van der Waals surface area contributed by atoms with Crippen LogP contribution in [-0.2, 0) is 4.74 Å². The summed E-state index contributed by atoms with van der Waals surface area (Å²) in [7, 11) is 0. The van der Waals surface area contributed by atoms with Crippen LogP contribution in [0.4, 0.5) is 0 Å². The number of benzene rings is 1. The fourth-order valence-corrected chi connectivity index (χ4v) is 2.48. The van der Waals surface area contributed by atoms with Crippen LogP contribution < -0.4 is 0 Å². The van der Waals surface area contributed by atoms with Gasteiger partial charge >= 0.3 is 0 Å². The Hall–Kier alpha value is -2.07. The molecule has 1 N–H and O–H groups in total. The van der Waals surface area contributed by atoms with E-state index >= 15 is 0 Å². The van der Waals surface area contributed by atoms with E-state index in [2.05, 4.69) is 15.9 Å². The molecule has 1 aliphatic carbocycles. The molecule has 0 spiro atoms. The first-order valence-electron chi connectivity index (χ1n) is 6.13. The highest BCUT2D eigenvalue weighted by atomic mass is 79.9. The van der Waals surface area contributed by atoms with Gasteiger partial charge in [-0.25, -0.2) is 0 Å². The van der Waals surface area contributed by atoms with E-state index in [0.717, 1.165) is 22.2 Å². The monoisotopic (exact) mass is 330 g/mol. The smallest absolute Gasteiger partial charge is 0.199 e. The van der Waals surface area contributed by atoms with Gasteiger partial charge in [0.25, 0.3) is 0 Å². The number of allylic oxidation sites excluding steroid dienone is 6. The highest BCUT2D eigenvalue weighted by molar-refractivity contribution is 9.10. The highest BCUT2D eigenvalue weighted by Crippen LogP contribution is 2.30. The van der Waals surface area contributed by atoms with Crippen molar-refractivity contribution in [2.75, 3.05) is 0 Å². The standard InChI is InChI=1S/C16H11BrO3/c17-12-5-6-14(18)13(8-12)16(19)11-7-10-3-1-2-4-15(10)20-9-11/h1-2,4-9,18H,3H2. The molecular formula is C16H11BrO3. The summed E-state index contributed by atoms with van der Waals surface area (Å²) in [6.45, 7) is 0. The summed E-state index contributed by atoms with van der Waals surface area (Å²) >= 11 is 3.30. The van der Waals surface area contributed by atoms with Gasteiger partial charge in [0.2, 0.25) is 0 Å². The van der Waals surface area contributed by atoms with Crippen molar-refractivity contribution in [3.8, 4) is 5.75 Å². The van der Waals surface area contributed by atoms with Gasteiger partial charge in [0.15, 0.2) is 5.78 Å². The Morgan fingerprint density at radius 1 is 1.35 bits per heavy atom. The summed E-state index contributed by atoms with van der Waals surface area (Å²) in [6.07, 6.45) is 9.76. The van der Waals surface area contributed by atoms with Crippen molar-refractivity contribution in [1.29, 1.82) is 0 Å². The Bertz CT molecular complexity index is 708. The fourth-order valence-electron chi connectivity index (χ4n) is 2.12. The second kappa shape index (κ2) is 5.13. The Labute approximate surface area is 124 Å². The number of halogens is 1. The molecule has 0 fully saturated rings. The first-order chi connectivity index (χ1) is 9.65. The third kappa shape index (κ3) is 2.34. The molecule has 4 heteroatoms. The number of hydrogen-bond donors (Lipinski definition) is 1. The molecule has 0 aromatic heterocycles. The minimum Gasteiger partial charge on any atom is -0.507 e. The van der Waals surface area contributed by atoms with Crippen LogP contribution in [0.1, 0.15) is 16.8 Å². The van der Waals surface area contributed by atoms with Crippen molar-refractivity contribution >= 4 is 21.7 Å². The van der Waals surface area contributed by atoms with E-state index in [1.807, 2.05) is 24.3 Å². The summed E-state index contributed by atoms with van der Waals surface area (Å²) in [4.78, 5) is 12.4. The van der Waals surface area contributed by atoms with Gasteiger partial charge in [0.1, 0.15) is 17.8 Å². The minimum absolute atomic E-state index is 0.0395. The van der Waals surface area contributed by atoms with E-state index in [1.54, 1.807) is 12.1 Å². The number of phenolic OH excluding ortho intramolecular Hbond substituents is 1. The van der Waals surface area contributed by atoms with Crippen molar-refractivity contribution in [1.82, 2.24) is 0 Å². The van der Waals surface area contributed by atoms with Crippen molar-refractivity contribution in [2.24, 2.45) is 0 Å². The molecule has 0 radical (unpaired) electrons. The lowest BCUT2D eigenvalue weighted by atomic mass is 9.96. The van der Waals surface area contributed by atoms with Crippen LogP contribution in [0, 0.1) is 0 Å². The number of carbonyl (C=O) groups excluding carboxylic acids is 1. The molecule has 1 aromatic rings. The average molecular weight is 331 g/mol. The first-order valence-corrected chi connectivity index (χ1v) is 6.92.